The highest BCUT2D eigenvalue weighted by molar-refractivity contribution is 7.18. The van der Waals surface area contributed by atoms with Crippen LogP contribution in [0.15, 0.2) is 41.3 Å². The van der Waals surface area contributed by atoms with Gasteiger partial charge in [-0.3, -0.25) is 9.89 Å². The molecule has 0 fully saturated rings. The summed E-state index contributed by atoms with van der Waals surface area (Å²) in [5, 5.41) is 18.2. The van der Waals surface area contributed by atoms with E-state index in [-0.39, 0.29) is 5.56 Å². The minimum atomic E-state index is -1.26. The largest absolute Gasteiger partial charge is 0.477 e. The average molecular weight is 380 g/mol. The number of fused-ring (bicyclic) bond motifs is 1. The van der Waals surface area contributed by atoms with Gasteiger partial charge in [-0.15, -0.1) is 11.3 Å². The number of pyridine rings is 1. The highest BCUT2D eigenvalue weighted by atomic mass is 32.1. The van der Waals surface area contributed by atoms with Gasteiger partial charge in [-0.1, -0.05) is 31.5 Å². The molecule has 3 heterocycles. The molecular weight excluding hydrogens is 364 g/mol. The average Bonchev–Trinajstić information content (AvgIpc) is 3.29. The zero-order valence-electron chi connectivity index (χ0n) is 14.4. The lowest BCUT2D eigenvalue weighted by atomic mass is 10.1. The summed E-state index contributed by atoms with van der Waals surface area (Å²) in [6, 6.07) is 8.98. The van der Waals surface area contributed by atoms with Gasteiger partial charge in [-0.05, 0) is 24.1 Å². The molecule has 136 valence electrons. The molecule has 0 saturated heterocycles. The highest BCUT2D eigenvalue weighted by Gasteiger charge is 2.15. The molecule has 1 aromatic carbocycles. The van der Waals surface area contributed by atoms with Crippen LogP contribution in [0.3, 0.4) is 0 Å². The molecule has 0 radical (unpaired) electrons. The van der Waals surface area contributed by atoms with Crippen molar-refractivity contribution in [3.8, 4) is 21.3 Å². The number of para-hydroxylation sites is 1. The summed E-state index contributed by atoms with van der Waals surface area (Å²) in [6.07, 6.45) is 3.74. The lowest BCUT2D eigenvalue weighted by molar-refractivity contribution is 0.0695. The zero-order chi connectivity index (χ0) is 19.0. The third-order valence-electron chi connectivity index (χ3n) is 4.31. The normalized spacial score (nSPS) is 11.1. The minimum absolute atomic E-state index is 0.293. The third kappa shape index (κ3) is 3.04. The van der Waals surface area contributed by atoms with E-state index >= 15 is 0 Å². The van der Waals surface area contributed by atoms with E-state index in [1.54, 1.807) is 12.3 Å². The van der Waals surface area contributed by atoms with Crippen molar-refractivity contribution < 1.29 is 9.90 Å². The van der Waals surface area contributed by atoms with Gasteiger partial charge in [0.25, 0.3) is 5.56 Å². The van der Waals surface area contributed by atoms with Crippen LogP contribution in [0, 0.1) is 0 Å². The standard InChI is InChI=1S/C19H16N4O3S/c1-2-4-10-5-3-6-11-15(10)22-23-16(11)14-9-20-18(27-14)13-8-7-12(19(25)26)17(24)21-13/h3,5-9H,2,4H2,1H3,(H,21,24)(H,22,23)(H,25,26). The molecule has 0 atom stereocenters. The Morgan fingerprint density at radius 1 is 1.26 bits per heavy atom. The first-order valence-corrected chi connectivity index (χ1v) is 9.29. The number of aromatic carboxylic acids is 1. The Kier molecular flexibility index (Phi) is 4.33. The molecule has 27 heavy (non-hydrogen) atoms. The van der Waals surface area contributed by atoms with Crippen molar-refractivity contribution in [3.63, 3.8) is 0 Å². The van der Waals surface area contributed by atoms with E-state index < -0.39 is 11.5 Å². The van der Waals surface area contributed by atoms with Crippen molar-refractivity contribution in [1.29, 1.82) is 0 Å². The lowest BCUT2D eigenvalue weighted by Gasteiger charge is -1.99. The van der Waals surface area contributed by atoms with Crippen LogP contribution in [-0.2, 0) is 6.42 Å². The molecule has 4 rings (SSSR count). The van der Waals surface area contributed by atoms with Gasteiger partial charge < -0.3 is 10.1 Å². The Labute approximate surface area is 157 Å². The van der Waals surface area contributed by atoms with Crippen LogP contribution in [0.25, 0.3) is 32.2 Å². The molecule has 3 aromatic heterocycles. The fraction of sp³-hybridized carbons (Fsp3) is 0.158. The summed E-state index contributed by atoms with van der Waals surface area (Å²) in [7, 11) is 0. The van der Waals surface area contributed by atoms with E-state index in [2.05, 4.69) is 33.2 Å². The first-order valence-electron chi connectivity index (χ1n) is 8.47. The summed E-state index contributed by atoms with van der Waals surface area (Å²) in [5.41, 5.74) is 2.60. The van der Waals surface area contributed by atoms with Crippen LogP contribution in [0.4, 0.5) is 0 Å². The number of aromatic nitrogens is 4. The molecule has 0 aliphatic heterocycles. The number of aromatic amines is 2. The molecule has 0 bridgehead atoms. The van der Waals surface area contributed by atoms with Gasteiger partial charge >= 0.3 is 5.97 Å². The first kappa shape index (κ1) is 17.2. The summed E-state index contributed by atoms with van der Waals surface area (Å²) in [5.74, 6) is -1.26. The molecular formula is C19H16N4O3S. The molecule has 0 aliphatic rings. The van der Waals surface area contributed by atoms with E-state index in [4.69, 9.17) is 5.11 Å². The van der Waals surface area contributed by atoms with Gasteiger partial charge in [0.1, 0.15) is 10.6 Å². The number of rotatable bonds is 5. The predicted octanol–water partition coefficient (Wildman–Crippen LogP) is 3.69. The summed E-state index contributed by atoms with van der Waals surface area (Å²) >= 11 is 1.40. The highest BCUT2D eigenvalue weighted by Crippen LogP contribution is 2.34. The summed E-state index contributed by atoms with van der Waals surface area (Å²) in [4.78, 5) is 30.7. The quantitative estimate of drug-likeness (QED) is 0.489. The Hall–Kier alpha value is -3.26. The predicted molar refractivity (Wildman–Crippen MR) is 104 cm³/mol. The second-order valence-corrected chi connectivity index (χ2v) is 7.14. The Bertz CT molecular complexity index is 1210. The molecule has 0 aliphatic carbocycles. The van der Waals surface area contributed by atoms with E-state index in [0.29, 0.717) is 10.7 Å². The zero-order valence-corrected chi connectivity index (χ0v) is 15.3. The number of carboxylic acid groups (broad SMARTS) is 1. The number of hydrogen-bond acceptors (Lipinski definition) is 5. The van der Waals surface area contributed by atoms with Crippen LogP contribution in [0.1, 0.15) is 29.3 Å². The van der Waals surface area contributed by atoms with Gasteiger partial charge in [-0.25, -0.2) is 9.78 Å². The Balaban J connectivity index is 1.74. The number of H-pyrrole nitrogens is 2. The van der Waals surface area contributed by atoms with Crippen molar-refractivity contribution in [2.24, 2.45) is 0 Å². The first-order chi connectivity index (χ1) is 13.1. The summed E-state index contributed by atoms with van der Waals surface area (Å²) < 4.78 is 0. The number of nitrogens with zero attached hydrogens (tertiary/aromatic N) is 2. The van der Waals surface area contributed by atoms with Gasteiger partial charge in [0.05, 0.1) is 21.8 Å². The second kappa shape index (κ2) is 6.81. The van der Waals surface area contributed by atoms with Crippen molar-refractivity contribution in [3.05, 3.63) is 58.0 Å². The lowest BCUT2D eigenvalue weighted by Crippen LogP contribution is -2.17. The van der Waals surface area contributed by atoms with E-state index in [9.17, 15) is 9.59 Å². The SMILES string of the molecule is CCCc1cccc2c(-c3cnc(-c4ccc(C(=O)O)c(=O)[nH]4)s3)[nH]nc12. The van der Waals surface area contributed by atoms with Gasteiger partial charge in [0.2, 0.25) is 0 Å². The minimum Gasteiger partial charge on any atom is -0.477 e. The molecule has 8 heteroatoms. The van der Waals surface area contributed by atoms with Crippen molar-refractivity contribution in [2.75, 3.05) is 0 Å². The second-order valence-electron chi connectivity index (χ2n) is 6.11. The smallest absolute Gasteiger partial charge is 0.341 e. The number of carbonyl (C=O) groups is 1. The number of benzene rings is 1. The van der Waals surface area contributed by atoms with Gasteiger partial charge in [-0.2, -0.15) is 5.10 Å². The maximum atomic E-state index is 11.9. The molecule has 0 amide bonds. The van der Waals surface area contributed by atoms with E-state index in [1.807, 2.05) is 12.1 Å². The number of nitrogens with one attached hydrogen (secondary N) is 2. The van der Waals surface area contributed by atoms with Crippen molar-refractivity contribution in [2.45, 2.75) is 19.8 Å². The molecule has 7 nitrogen and oxygen atoms in total. The van der Waals surface area contributed by atoms with Gasteiger partial charge in [0.15, 0.2) is 0 Å². The number of hydrogen-bond donors (Lipinski definition) is 3. The maximum absolute atomic E-state index is 11.9. The maximum Gasteiger partial charge on any atom is 0.341 e. The van der Waals surface area contributed by atoms with Crippen molar-refractivity contribution >= 4 is 28.2 Å². The van der Waals surface area contributed by atoms with Crippen LogP contribution >= 0.6 is 11.3 Å². The van der Waals surface area contributed by atoms with E-state index in [0.717, 1.165) is 34.3 Å². The third-order valence-corrected chi connectivity index (χ3v) is 5.36. The molecule has 0 unspecified atom stereocenters. The number of carboxylic acids is 1. The molecule has 0 spiro atoms. The van der Waals surface area contributed by atoms with Gasteiger partial charge in [0, 0.05) is 11.6 Å². The fourth-order valence-corrected chi connectivity index (χ4v) is 3.94. The fourth-order valence-electron chi connectivity index (χ4n) is 3.04. The van der Waals surface area contributed by atoms with Crippen LogP contribution in [-0.4, -0.2) is 31.2 Å². The summed E-state index contributed by atoms with van der Waals surface area (Å²) in [6.45, 7) is 2.14. The topological polar surface area (TPSA) is 112 Å². The van der Waals surface area contributed by atoms with E-state index in [1.165, 1.54) is 23.0 Å². The number of thiazole rings is 1. The number of aryl methyl sites for hydroxylation is 1. The molecule has 0 saturated carbocycles. The van der Waals surface area contributed by atoms with Crippen molar-refractivity contribution in [1.82, 2.24) is 20.2 Å². The Morgan fingerprint density at radius 2 is 2.11 bits per heavy atom. The molecule has 3 N–H and O–H groups in total. The Morgan fingerprint density at radius 3 is 2.85 bits per heavy atom. The molecule has 4 aromatic rings. The monoisotopic (exact) mass is 380 g/mol. The van der Waals surface area contributed by atoms with Crippen LogP contribution < -0.4 is 5.56 Å². The van der Waals surface area contributed by atoms with Crippen LogP contribution in [0.2, 0.25) is 0 Å². The van der Waals surface area contributed by atoms with Crippen LogP contribution in [0.5, 0.6) is 0 Å².